The van der Waals surface area contributed by atoms with Crippen LogP contribution in [0.1, 0.15) is 32.2 Å². The van der Waals surface area contributed by atoms with Crippen molar-refractivity contribution < 1.29 is 4.79 Å². The van der Waals surface area contributed by atoms with Crippen LogP contribution in [0.25, 0.3) is 11.3 Å². The molecule has 5 heteroatoms. The van der Waals surface area contributed by atoms with Crippen molar-refractivity contribution in [2.75, 3.05) is 0 Å². The largest absolute Gasteiger partial charge is 0.273 e. The van der Waals surface area contributed by atoms with Crippen LogP contribution in [0.2, 0.25) is 0 Å². The quantitative estimate of drug-likeness (QED) is 0.649. The summed E-state index contributed by atoms with van der Waals surface area (Å²) in [6, 6.07) is 9.96. The predicted octanol–water partition coefficient (Wildman–Crippen LogP) is 3.89. The van der Waals surface area contributed by atoms with Gasteiger partial charge >= 0.3 is 0 Å². The van der Waals surface area contributed by atoms with Gasteiger partial charge in [-0.3, -0.25) is 4.79 Å². The highest BCUT2D eigenvalue weighted by atomic mass is 32.1. The van der Waals surface area contributed by atoms with Crippen LogP contribution >= 0.6 is 11.3 Å². The molecule has 0 aliphatic heterocycles. The second-order valence-electron chi connectivity index (χ2n) is 5.27. The van der Waals surface area contributed by atoms with Crippen molar-refractivity contribution >= 4 is 23.0 Å². The third-order valence-electron chi connectivity index (χ3n) is 3.62. The molecule has 0 radical (unpaired) electrons. The van der Waals surface area contributed by atoms with Crippen LogP contribution in [0.3, 0.4) is 0 Å². The lowest BCUT2D eigenvalue weighted by Crippen LogP contribution is -2.22. The number of nitrogens with one attached hydrogen (secondary N) is 1. The van der Waals surface area contributed by atoms with Gasteiger partial charge in [-0.2, -0.15) is 5.10 Å². The van der Waals surface area contributed by atoms with Gasteiger partial charge in [-0.1, -0.05) is 44.2 Å². The Bertz CT molecular complexity index is 649. The maximum Gasteiger partial charge on any atom is 0.246 e. The summed E-state index contributed by atoms with van der Waals surface area (Å²) < 4.78 is 0. The van der Waals surface area contributed by atoms with Crippen LogP contribution in [-0.4, -0.2) is 16.6 Å². The molecule has 1 heterocycles. The van der Waals surface area contributed by atoms with E-state index in [1.165, 1.54) is 11.3 Å². The van der Waals surface area contributed by atoms with E-state index in [9.17, 15) is 4.79 Å². The van der Waals surface area contributed by atoms with Crippen LogP contribution in [0.5, 0.6) is 0 Å². The van der Waals surface area contributed by atoms with Crippen molar-refractivity contribution in [3.63, 3.8) is 0 Å². The second-order valence-corrected chi connectivity index (χ2v) is 6.21. The highest BCUT2D eigenvalue weighted by molar-refractivity contribution is 7.10. The predicted molar refractivity (Wildman–Crippen MR) is 92.0 cm³/mol. The van der Waals surface area contributed by atoms with E-state index in [4.69, 9.17) is 0 Å². The summed E-state index contributed by atoms with van der Waals surface area (Å²) in [6.45, 7) is 6.13. The molecule has 0 aliphatic rings. The first-order valence-electron chi connectivity index (χ1n) is 7.43. The van der Waals surface area contributed by atoms with E-state index in [1.807, 2.05) is 42.6 Å². The van der Waals surface area contributed by atoms with Gasteiger partial charge in [0.2, 0.25) is 5.91 Å². The normalized spacial score (nSPS) is 13.0. The molecule has 116 valence electrons. The molecule has 0 spiro atoms. The molecule has 1 aromatic heterocycles. The Labute approximate surface area is 135 Å². The molecular formula is C17H21N3OS. The van der Waals surface area contributed by atoms with Gasteiger partial charge in [0.1, 0.15) is 5.01 Å². The van der Waals surface area contributed by atoms with Gasteiger partial charge in [0, 0.05) is 16.7 Å². The standard InChI is InChI=1S/C17H21N3OS/c1-4-12(2)13(3)19-20-16(21)10-17-18-15(11-22-17)14-8-6-5-7-9-14/h5-9,11-12H,4,10H2,1-3H3,(H,20,21)/b19-13-/t12-/m0/s1. The van der Waals surface area contributed by atoms with E-state index in [2.05, 4.69) is 29.4 Å². The highest BCUT2D eigenvalue weighted by Crippen LogP contribution is 2.21. The number of rotatable bonds is 6. The SMILES string of the molecule is CC[C@H](C)/C(C)=N\NC(=O)Cc1nc(-c2ccccc2)cs1. The summed E-state index contributed by atoms with van der Waals surface area (Å²) >= 11 is 1.50. The van der Waals surface area contributed by atoms with E-state index in [0.717, 1.165) is 28.4 Å². The smallest absolute Gasteiger partial charge is 0.246 e. The lowest BCUT2D eigenvalue weighted by atomic mass is 10.1. The third-order valence-corrected chi connectivity index (χ3v) is 4.46. The molecule has 1 amide bonds. The number of nitrogens with zero attached hydrogens (tertiary/aromatic N) is 2. The summed E-state index contributed by atoms with van der Waals surface area (Å²) in [5.41, 5.74) is 5.53. The molecule has 0 aliphatic carbocycles. The Kier molecular flexibility index (Phi) is 5.83. The molecule has 2 rings (SSSR count). The molecule has 2 aromatic rings. The van der Waals surface area contributed by atoms with Crippen molar-refractivity contribution in [3.8, 4) is 11.3 Å². The van der Waals surface area contributed by atoms with Gasteiger partial charge in [0.05, 0.1) is 12.1 Å². The first-order chi connectivity index (χ1) is 10.6. The molecule has 1 aromatic carbocycles. The summed E-state index contributed by atoms with van der Waals surface area (Å²) in [5.74, 6) is 0.251. The summed E-state index contributed by atoms with van der Waals surface area (Å²) in [5, 5.41) is 6.93. The van der Waals surface area contributed by atoms with E-state index in [-0.39, 0.29) is 12.3 Å². The van der Waals surface area contributed by atoms with Gasteiger partial charge in [-0.05, 0) is 19.3 Å². The Morgan fingerprint density at radius 2 is 2.09 bits per heavy atom. The Morgan fingerprint density at radius 1 is 1.36 bits per heavy atom. The summed E-state index contributed by atoms with van der Waals surface area (Å²) in [6.07, 6.45) is 1.27. The zero-order valence-electron chi connectivity index (χ0n) is 13.2. The first-order valence-corrected chi connectivity index (χ1v) is 8.31. The molecular weight excluding hydrogens is 294 g/mol. The van der Waals surface area contributed by atoms with Gasteiger partial charge in [-0.15, -0.1) is 11.3 Å². The third kappa shape index (κ3) is 4.49. The van der Waals surface area contributed by atoms with Crippen molar-refractivity contribution in [1.82, 2.24) is 10.4 Å². The van der Waals surface area contributed by atoms with Gasteiger partial charge < -0.3 is 0 Å². The van der Waals surface area contributed by atoms with Crippen molar-refractivity contribution in [2.45, 2.75) is 33.6 Å². The lowest BCUT2D eigenvalue weighted by molar-refractivity contribution is -0.120. The number of hydrazone groups is 1. The minimum absolute atomic E-state index is 0.128. The van der Waals surface area contributed by atoms with Crippen LogP contribution in [0, 0.1) is 5.92 Å². The van der Waals surface area contributed by atoms with E-state index >= 15 is 0 Å². The first kappa shape index (κ1) is 16.4. The fourth-order valence-corrected chi connectivity index (χ4v) is 2.67. The molecule has 0 bridgehead atoms. The number of benzene rings is 1. The molecule has 1 atom stereocenters. The van der Waals surface area contributed by atoms with Crippen molar-refractivity contribution in [2.24, 2.45) is 11.0 Å². The fraction of sp³-hybridized carbons (Fsp3) is 0.353. The zero-order chi connectivity index (χ0) is 15.9. The second kappa shape index (κ2) is 7.84. The maximum atomic E-state index is 11.9. The zero-order valence-corrected chi connectivity index (χ0v) is 14.0. The number of thiazole rings is 1. The number of aromatic nitrogens is 1. The molecule has 0 saturated heterocycles. The molecule has 1 N–H and O–H groups in total. The molecule has 4 nitrogen and oxygen atoms in total. The Morgan fingerprint density at radius 3 is 2.77 bits per heavy atom. The Balaban J connectivity index is 1.94. The number of hydrogen-bond acceptors (Lipinski definition) is 4. The average molecular weight is 315 g/mol. The van der Waals surface area contributed by atoms with E-state index < -0.39 is 0 Å². The minimum atomic E-state index is -0.128. The van der Waals surface area contributed by atoms with Crippen molar-refractivity contribution in [1.29, 1.82) is 0 Å². The van der Waals surface area contributed by atoms with Gasteiger partial charge in [0.25, 0.3) is 0 Å². The monoisotopic (exact) mass is 315 g/mol. The lowest BCUT2D eigenvalue weighted by Gasteiger charge is -2.07. The van der Waals surface area contributed by atoms with Crippen LogP contribution < -0.4 is 5.43 Å². The van der Waals surface area contributed by atoms with Crippen molar-refractivity contribution in [3.05, 3.63) is 40.7 Å². The molecule has 0 unspecified atom stereocenters. The molecule has 0 fully saturated rings. The maximum absolute atomic E-state index is 11.9. The van der Waals surface area contributed by atoms with Crippen LogP contribution in [0.4, 0.5) is 0 Å². The highest BCUT2D eigenvalue weighted by Gasteiger charge is 2.09. The van der Waals surface area contributed by atoms with E-state index in [0.29, 0.717) is 5.92 Å². The number of carbonyl (C=O) groups excluding carboxylic acids is 1. The number of carbonyl (C=O) groups is 1. The molecule has 22 heavy (non-hydrogen) atoms. The summed E-state index contributed by atoms with van der Waals surface area (Å²) in [4.78, 5) is 16.4. The minimum Gasteiger partial charge on any atom is -0.273 e. The van der Waals surface area contributed by atoms with Crippen LogP contribution in [0.15, 0.2) is 40.8 Å². The average Bonchev–Trinajstić information content (AvgIpc) is 3.01. The van der Waals surface area contributed by atoms with E-state index in [1.54, 1.807) is 0 Å². The van der Waals surface area contributed by atoms with Crippen LogP contribution in [-0.2, 0) is 11.2 Å². The summed E-state index contributed by atoms with van der Waals surface area (Å²) in [7, 11) is 0. The Hall–Kier alpha value is -2.01. The number of hydrogen-bond donors (Lipinski definition) is 1. The topological polar surface area (TPSA) is 54.4 Å². The number of amides is 1. The van der Waals surface area contributed by atoms with Gasteiger partial charge in [0.15, 0.2) is 0 Å². The molecule has 0 saturated carbocycles. The van der Waals surface area contributed by atoms with Gasteiger partial charge in [-0.25, -0.2) is 10.4 Å². The fourth-order valence-electron chi connectivity index (χ4n) is 1.87.